The van der Waals surface area contributed by atoms with Crippen LogP contribution in [0, 0.1) is 13.8 Å². The summed E-state index contributed by atoms with van der Waals surface area (Å²) < 4.78 is 1.58. The molecule has 0 aromatic carbocycles. The van der Waals surface area contributed by atoms with Crippen molar-refractivity contribution < 1.29 is 4.79 Å². The molecule has 2 N–H and O–H groups in total. The number of carbonyl (C=O) groups excluding carboxylic acids is 1. The van der Waals surface area contributed by atoms with Crippen molar-refractivity contribution in [1.82, 2.24) is 35.3 Å². The molecule has 3 rings (SSSR count). The number of hydrogen-bond donors (Lipinski definition) is 2. The fourth-order valence-electron chi connectivity index (χ4n) is 2.34. The average Bonchev–Trinajstić information content (AvgIpc) is 3.19. The molecule has 0 fully saturated rings. The molecule has 0 aliphatic rings. The van der Waals surface area contributed by atoms with E-state index < -0.39 is 0 Å². The first-order valence-electron chi connectivity index (χ1n) is 7.21. The molecule has 0 aliphatic heterocycles. The van der Waals surface area contributed by atoms with Gasteiger partial charge in [0.25, 0.3) is 0 Å². The first-order chi connectivity index (χ1) is 11.1. The van der Waals surface area contributed by atoms with E-state index >= 15 is 0 Å². The van der Waals surface area contributed by atoms with Gasteiger partial charge in [-0.15, -0.1) is 0 Å². The molecule has 0 atom stereocenters. The van der Waals surface area contributed by atoms with Crippen LogP contribution in [0.5, 0.6) is 0 Å². The highest BCUT2D eigenvalue weighted by Crippen LogP contribution is 2.11. The number of carbonyl (C=O) groups is 1. The number of amides is 1. The van der Waals surface area contributed by atoms with E-state index in [1.165, 1.54) is 6.33 Å². The Balaban J connectivity index is 1.68. The van der Waals surface area contributed by atoms with E-state index in [1.807, 2.05) is 26.0 Å². The molecule has 0 spiro atoms. The number of nitrogens with one attached hydrogen (secondary N) is 2. The third-order valence-electron chi connectivity index (χ3n) is 3.60. The van der Waals surface area contributed by atoms with E-state index in [4.69, 9.17) is 0 Å². The van der Waals surface area contributed by atoms with Crippen molar-refractivity contribution in [2.24, 2.45) is 0 Å². The topological polar surface area (TPSA) is 101 Å². The Labute approximate surface area is 133 Å². The number of aromatic amines is 1. The summed E-state index contributed by atoms with van der Waals surface area (Å²) in [5.74, 6) is 0.590. The van der Waals surface area contributed by atoms with Gasteiger partial charge in [-0.3, -0.25) is 9.89 Å². The number of nitrogens with zero attached hydrogens (tertiary/aromatic N) is 5. The Morgan fingerprint density at radius 2 is 2.26 bits per heavy atom. The number of pyridine rings is 1. The van der Waals surface area contributed by atoms with Crippen LogP contribution in [0.15, 0.2) is 31.0 Å². The van der Waals surface area contributed by atoms with Crippen molar-refractivity contribution in [3.63, 3.8) is 0 Å². The second-order valence-electron chi connectivity index (χ2n) is 5.19. The summed E-state index contributed by atoms with van der Waals surface area (Å²) in [6.07, 6.45) is 5.00. The number of aryl methyl sites for hydroxylation is 2. The van der Waals surface area contributed by atoms with Gasteiger partial charge in [-0.25, -0.2) is 14.6 Å². The van der Waals surface area contributed by atoms with Crippen LogP contribution in [0.25, 0.3) is 5.82 Å². The molecule has 8 nitrogen and oxygen atoms in total. The summed E-state index contributed by atoms with van der Waals surface area (Å²) in [7, 11) is 0. The molecule has 3 heterocycles. The highest BCUT2D eigenvalue weighted by molar-refractivity contribution is 5.79. The van der Waals surface area contributed by atoms with Crippen LogP contribution >= 0.6 is 0 Å². The molecule has 23 heavy (non-hydrogen) atoms. The summed E-state index contributed by atoms with van der Waals surface area (Å²) in [6, 6.07) is 3.73. The minimum absolute atomic E-state index is 0.0639. The van der Waals surface area contributed by atoms with Crippen LogP contribution in [0.2, 0.25) is 0 Å². The van der Waals surface area contributed by atoms with Gasteiger partial charge in [-0.2, -0.15) is 10.2 Å². The fourth-order valence-corrected chi connectivity index (χ4v) is 2.34. The summed E-state index contributed by atoms with van der Waals surface area (Å²) in [5, 5.41) is 14.0. The normalized spacial score (nSPS) is 10.7. The lowest BCUT2D eigenvalue weighted by molar-refractivity contribution is -0.120. The molecular formula is C15H17N7O. The quantitative estimate of drug-likeness (QED) is 0.728. The highest BCUT2D eigenvalue weighted by Gasteiger charge is 2.12. The molecular weight excluding hydrogens is 294 g/mol. The van der Waals surface area contributed by atoms with Crippen LogP contribution < -0.4 is 5.32 Å². The second kappa shape index (κ2) is 6.39. The molecule has 0 radical (unpaired) electrons. The lowest BCUT2D eigenvalue weighted by atomic mass is 10.1. The molecule has 0 bridgehead atoms. The largest absolute Gasteiger partial charge is 0.352 e. The Morgan fingerprint density at radius 3 is 2.96 bits per heavy atom. The zero-order valence-electron chi connectivity index (χ0n) is 12.9. The number of rotatable bonds is 5. The molecule has 3 aromatic heterocycles. The summed E-state index contributed by atoms with van der Waals surface area (Å²) in [4.78, 5) is 20.4. The Bertz CT molecular complexity index is 788. The third kappa shape index (κ3) is 3.25. The monoisotopic (exact) mass is 311 g/mol. The number of hydrogen-bond acceptors (Lipinski definition) is 5. The molecule has 0 saturated heterocycles. The van der Waals surface area contributed by atoms with Gasteiger partial charge in [0, 0.05) is 29.6 Å². The molecule has 1 amide bonds. The van der Waals surface area contributed by atoms with Crippen molar-refractivity contribution in [2.45, 2.75) is 26.8 Å². The van der Waals surface area contributed by atoms with Gasteiger partial charge in [0.15, 0.2) is 5.82 Å². The first kappa shape index (κ1) is 14.9. The lowest BCUT2D eigenvalue weighted by Crippen LogP contribution is -2.25. The Morgan fingerprint density at radius 1 is 1.39 bits per heavy atom. The minimum atomic E-state index is -0.0639. The van der Waals surface area contributed by atoms with Crippen LogP contribution in [0.1, 0.15) is 22.5 Å². The van der Waals surface area contributed by atoms with Crippen molar-refractivity contribution >= 4 is 5.91 Å². The molecule has 0 aliphatic carbocycles. The molecule has 0 unspecified atom stereocenters. The van der Waals surface area contributed by atoms with Crippen molar-refractivity contribution in [3.8, 4) is 5.82 Å². The van der Waals surface area contributed by atoms with Crippen LogP contribution in [-0.4, -0.2) is 35.9 Å². The van der Waals surface area contributed by atoms with Gasteiger partial charge in [-0.05, 0) is 19.9 Å². The fraction of sp³-hybridized carbons (Fsp3) is 0.267. The van der Waals surface area contributed by atoms with Gasteiger partial charge in [0.1, 0.15) is 12.7 Å². The van der Waals surface area contributed by atoms with Crippen LogP contribution in [0.3, 0.4) is 0 Å². The molecule has 8 heteroatoms. The lowest BCUT2D eigenvalue weighted by Gasteiger charge is -2.09. The van der Waals surface area contributed by atoms with Crippen molar-refractivity contribution in [3.05, 3.63) is 53.5 Å². The van der Waals surface area contributed by atoms with Gasteiger partial charge >= 0.3 is 0 Å². The zero-order valence-corrected chi connectivity index (χ0v) is 12.9. The van der Waals surface area contributed by atoms with Gasteiger partial charge in [-0.1, -0.05) is 6.07 Å². The van der Waals surface area contributed by atoms with Crippen molar-refractivity contribution in [1.29, 1.82) is 0 Å². The van der Waals surface area contributed by atoms with E-state index in [0.29, 0.717) is 18.8 Å². The standard InChI is InChI=1S/C15H17N7O/c1-10-13(11(2)21-20-10)6-14(23)18-7-12-4-3-5-17-15(12)22-9-16-8-19-22/h3-5,8-9H,6-7H2,1-2H3,(H,18,23)(H,20,21). The van der Waals surface area contributed by atoms with E-state index in [-0.39, 0.29) is 5.91 Å². The molecule has 0 saturated carbocycles. The van der Waals surface area contributed by atoms with Crippen molar-refractivity contribution in [2.75, 3.05) is 0 Å². The summed E-state index contributed by atoms with van der Waals surface area (Å²) >= 11 is 0. The number of H-pyrrole nitrogens is 1. The van der Waals surface area contributed by atoms with Gasteiger partial charge in [0.2, 0.25) is 5.91 Å². The second-order valence-corrected chi connectivity index (χ2v) is 5.19. The van der Waals surface area contributed by atoms with E-state index in [0.717, 1.165) is 22.5 Å². The van der Waals surface area contributed by atoms with E-state index in [1.54, 1.807) is 17.2 Å². The Kier molecular flexibility index (Phi) is 4.13. The van der Waals surface area contributed by atoms with Gasteiger partial charge in [0.05, 0.1) is 12.1 Å². The first-order valence-corrected chi connectivity index (χ1v) is 7.21. The SMILES string of the molecule is Cc1n[nH]c(C)c1CC(=O)NCc1cccnc1-n1cncn1. The smallest absolute Gasteiger partial charge is 0.224 e. The number of aromatic nitrogens is 6. The predicted octanol–water partition coefficient (Wildman–Crippen LogP) is 0.861. The zero-order chi connectivity index (χ0) is 16.2. The third-order valence-corrected chi connectivity index (χ3v) is 3.60. The maximum absolute atomic E-state index is 12.2. The highest BCUT2D eigenvalue weighted by atomic mass is 16.1. The van der Waals surface area contributed by atoms with Crippen LogP contribution in [0.4, 0.5) is 0 Å². The average molecular weight is 311 g/mol. The van der Waals surface area contributed by atoms with E-state index in [9.17, 15) is 4.79 Å². The maximum Gasteiger partial charge on any atom is 0.224 e. The molecule has 118 valence electrons. The van der Waals surface area contributed by atoms with Gasteiger partial charge < -0.3 is 5.32 Å². The summed E-state index contributed by atoms with van der Waals surface area (Å²) in [6.45, 7) is 4.17. The van der Waals surface area contributed by atoms with Crippen LogP contribution in [-0.2, 0) is 17.8 Å². The molecule has 3 aromatic rings. The predicted molar refractivity (Wildman–Crippen MR) is 82.8 cm³/mol. The Hall–Kier alpha value is -3.03. The van der Waals surface area contributed by atoms with E-state index in [2.05, 4.69) is 30.6 Å². The minimum Gasteiger partial charge on any atom is -0.352 e. The maximum atomic E-state index is 12.2. The summed E-state index contributed by atoms with van der Waals surface area (Å²) in [5.41, 5.74) is 3.57.